The van der Waals surface area contributed by atoms with Crippen LogP contribution >= 0.6 is 11.3 Å². The van der Waals surface area contributed by atoms with E-state index in [0.717, 1.165) is 16.4 Å². The summed E-state index contributed by atoms with van der Waals surface area (Å²) in [6.45, 7) is 2.84. The van der Waals surface area contributed by atoms with Gasteiger partial charge in [-0.05, 0) is 17.7 Å². The van der Waals surface area contributed by atoms with E-state index in [1.54, 1.807) is 12.5 Å². The average molecular weight is 360 g/mol. The third-order valence-corrected chi connectivity index (χ3v) is 5.17. The van der Waals surface area contributed by atoms with Gasteiger partial charge in [-0.1, -0.05) is 12.1 Å². The minimum absolute atomic E-state index is 0.0353. The number of aromatic nitrogens is 1. The fraction of sp³-hybridized carbons (Fsp3) is 0.353. The number of primary amides is 1. The maximum Gasteiger partial charge on any atom is 0.268 e. The molecule has 1 saturated heterocycles. The molecule has 2 amide bonds. The van der Waals surface area contributed by atoms with E-state index in [1.165, 1.54) is 18.3 Å². The van der Waals surface area contributed by atoms with Gasteiger partial charge in [0.25, 0.3) is 5.91 Å². The molecule has 2 atom stereocenters. The van der Waals surface area contributed by atoms with Gasteiger partial charge in [0.05, 0.1) is 13.2 Å². The highest BCUT2D eigenvalue weighted by Crippen LogP contribution is 2.33. The van der Waals surface area contributed by atoms with Gasteiger partial charge >= 0.3 is 0 Å². The van der Waals surface area contributed by atoms with Crippen LogP contribution in [0.25, 0.3) is 0 Å². The van der Waals surface area contributed by atoms with Gasteiger partial charge in [0.15, 0.2) is 5.13 Å². The number of benzene rings is 1. The van der Waals surface area contributed by atoms with Gasteiger partial charge in [-0.25, -0.2) is 4.98 Å². The Morgan fingerprint density at radius 1 is 1.32 bits per heavy atom. The van der Waals surface area contributed by atoms with E-state index in [0.29, 0.717) is 13.1 Å². The Kier molecular flexibility index (Phi) is 4.89. The van der Waals surface area contributed by atoms with E-state index in [2.05, 4.69) is 15.2 Å². The first-order valence-corrected chi connectivity index (χ1v) is 8.77. The summed E-state index contributed by atoms with van der Waals surface area (Å²) in [5.41, 5.74) is 6.67. The van der Waals surface area contributed by atoms with Gasteiger partial charge in [0, 0.05) is 31.3 Å². The quantitative estimate of drug-likeness (QED) is 0.839. The van der Waals surface area contributed by atoms with Crippen LogP contribution in [0.4, 0.5) is 5.13 Å². The fourth-order valence-electron chi connectivity index (χ4n) is 3.08. The molecule has 2 heterocycles. The molecule has 132 valence electrons. The fourth-order valence-corrected chi connectivity index (χ4v) is 3.91. The van der Waals surface area contributed by atoms with E-state index >= 15 is 0 Å². The summed E-state index contributed by atoms with van der Waals surface area (Å²) in [5, 5.41) is 5.42. The highest BCUT2D eigenvalue weighted by molar-refractivity contribution is 7.13. The number of hydrogen-bond acceptors (Lipinski definition) is 6. The number of hydrogen-bond donors (Lipinski definition) is 2. The molecule has 1 fully saturated rings. The van der Waals surface area contributed by atoms with Crippen molar-refractivity contribution in [3.63, 3.8) is 0 Å². The van der Waals surface area contributed by atoms with Crippen LogP contribution in [-0.2, 0) is 4.79 Å². The molecule has 0 bridgehead atoms. The predicted octanol–water partition coefficient (Wildman–Crippen LogP) is 1.36. The second-order valence-corrected chi connectivity index (χ2v) is 6.81. The Balaban J connectivity index is 1.84. The zero-order valence-electron chi connectivity index (χ0n) is 14.1. The van der Waals surface area contributed by atoms with E-state index in [1.807, 2.05) is 24.3 Å². The van der Waals surface area contributed by atoms with E-state index < -0.39 is 5.91 Å². The SMILES string of the molecule is COc1ccc([C@@H]2CN(c3nc(C(N)=O)cs3)C[C@H]2NC(C)=O)cc1. The van der Waals surface area contributed by atoms with Crippen LogP contribution in [0.2, 0.25) is 0 Å². The minimum atomic E-state index is -0.535. The summed E-state index contributed by atoms with van der Waals surface area (Å²) >= 11 is 1.38. The smallest absolute Gasteiger partial charge is 0.268 e. The first-order valence-electron chi connectivity index (χ1n) is 7.89. The van der Waals surface area contributed by atoms with Crippen molar-refractivity contribution in [3.8, 4) is 5.75 Å². The van der Waals surface area contributed by atoms with Crippen molar-refractivity contribution in [3.05, 3.63) is 40.9 Å². The second kappa shape index (κ2) is 7.10. The monoisotopic (exact) mass is 360 g/mol. The number of nitrogens with zero attached hydrogens (tertiary/aromatic N) is 2. The highest BCUT2D eigenvalue weighted by atomic mass is 32.1. The number of nitrogens with two attached hydrogens (primary N) is 1. The molecule has 1 aliphatic heterocycles. The Hall–Kier alpha value is -2.61. The van der Waals surface area contributed by atoms with Gasteiger partial charge in [-0.15, -0.1) is 11.3 Å². The molecule has 2 aromatic rings. The van der Waals surface area contributed by atoms with Crippen LogP contribution in [0.3, 0.4) is 0 Å². The molecule has 1 aliphatic rings. The van der Waals surface area contributed by atoms with Gasteiger partial charge in [-0.3, -0.25) is 9.59 Å². The zero-order valence-corrected chi connectivity index (χ0v) is 14.9. The highest BCUT2D eigenvalue weighted by Gasteiger charge is 2.35. The molecule has 25 heavy (non-hydrogen) atoms. The van der Waals surface area contributed by atoms with Gasteiger partial charge in [0.2, 0.25) is 5.91 Å². The molecule has 0 unspecified atom stereocenters. The number of carbonyl (C=O) groups is 2. The van der Waals surface area contributed by atoms with Crippen molar-refractivity contribution in [2.75, 3.05) is 25.1 Å². The van der Waals surface area contributed by atoms with E-state index in [4.69, 9.17) is 10.5 Å². The van der Waals surface area contributed by atoms with Crippen molar-refractivity contribution < 1.29 is 14.3 Å². The molecule has 1 aromatic carbocycles. The van der Waals surface area contributed by atoms with Crippen LogP contribution in [0, 0.1) is 0 Å². The lowest BCUT2D eigenvalue weighted by molar-refractivity contribution is -0.119. The van der Waals surface area contributed by atoms with E-state index in [9.17, 15) is 9.59 Å². The average Bonchev–Trinajstić information content (AvgIpc) is 3.21. The number of nitrogens with one attached hydrogen (secondary N) is 1. The molecular formula is C17H20N4O3S. The second-order valence-electron chi connectivity index (χ2n) is 5.97. The van der Waals surface area contributed by atoms with Crippen molar-refractivity contribution in [1.82, 2.24) is 10.3 Å². The van der Waals surface area contributed by atoms with E-state index in [-0.39, 0.29) is 23.6 Å². The van der Waals surface area contributed by atoms with Crippen LogP contribution in [0.1, 0.15) is 28.9 Å². The summed E-state index contributed by atoms with van der Waals surface area (Å²) in [6, 6.07) is 7.82. The lowest BCUT2D eigenvalue weighted by Crippen LogP contribution is -2.38. The maximum absolute atomic E-state index is 11.6. The van der Waals surface area contributed by atoms with Gasteiger partial charge in [0.1, 0.15) is 11.4 Å². The lowest BCUT2D eigenvalue weighted by atomic mass is 9.94. The molecule has 3 N–H and O–H groups in total. The van der Waals surface area contributed by atoms with Crippen LogP contribution in [-0.4, -0.2) is 43.0 Å². The van der Waals surface area contributed by atoms with Crippen LogP contribution < -0.4 is 20.7 Å². The molecule has 8 heteroatoms. The van der Waals surface area contributed by atoms with Gasteiger partial charge < -0.3 is 20.7 Å². The standard InChI is InChI=1S/C17H20N4O3S/c1-10(22)19-14-8-21(17-20-15(9-25-17)16(18)23)7-13(14)11-3-5-12(24-2)6-4-11/h3-6,9,13-14H,7-8H2,1-2H3,(H2,18,23)(H,19,22)/t13-,14+/m0/s1. The summed E-state index contributed by atoms with van der Waals surface area (Å²) in [5.74, 6) is 0.311. The molecule has 0 aliphatic carbocycles. The van der Waals surface area contributed by atoms with Gasteiger partial charge in [-0.2, -0.15) is 0 Å². The number of thiazole rings is 1. The number of anilines is 1. The maximum atomic E-state index is 11.6. The predicted molar refractivity (Wildman–Crippen MR) is 96.2 cm³/mol. The van der Waals surface area contributed by atoms with Crippen LogP contribution in [0.15, 0.2) is 29.6 Å². The Morgan fingerprint density at radius 3 is 2.60 bits per heavy atom. The Bertz CT molecular complexity index is 774. The molecule has 0 saturated carbocycles. The molecule has 3 rings (SSSR count). The largest absolute Gasteiger partial charge is 0.497 e. The number of amides is 2. The molecule has 0 spiro atoms. The number of methoxy groups -OCH3 is 1. The van der Waals surface area contributed by atoms with Crippen molar-refractivity contribution in [1.29, 1.82) is 0 Å². The molecular weight excluding hydrogens is 340 g/mol. The first-order chi connectivity index (χ1) is 12.0. The third-order valence-electron chi connectivity index (χ3n) is 4.27. The van der Waals surface area contributed by atoms with Crippen molar-refractivity contribution >= 4 is 28.3 Å². The third kappa shape index (κ3) is 3.74. The Morgan fingerprint density at radius 2 is 2.04 bits per heavy atom. The normalized spacial score (nSPS) is 19.7. The number of ether oxygens (including phenoxy) is 1. The van der Waals surface area contributed by atoms with Crippen molar-refractivity contribution in [2.24, 2.45) is 5.73 Å². The number of carbonyl (C=O) groups excluding carboxylic acids is 2. The number of rotatable bonds is 5. The molecule has 7 nitrogen and oxygen atoms in total. The molecule has 0 radical (unpaired) electrons. The Labute approximate surface area is 149 Å². The lowest BCUT2D eigenvalue weighted by Gasteiger charge is -2.19. The summed E-state index contributed by atoms with van der Waals surface area (Å²) in [4.78, 5) is 29.2. The minimum Gasteiger partial charge on any atom is -0.497 e. The first kappa shape index (κ1) is 17.2. The summed E-state index contributed by atoms with van der Waals surface area (Å²) < 4.78 is 5.21. The molecule has 1 aromatic heterocycles. The zero-order chi connectivity index (χ0) is 18.0. The topological polar surface area (TPSA) is 97.5 Å². The summed E-state index contributed by atoms with van der Waals surface area (Å²) in [7, 11) is 1.63. The van der Waals surface area contributed by atoms with Crippen LogP contribution in [0.5, 0.6) is 5.75 Å². The van der Waals surface area contributed by atoms with Crippen molar-refractivity contribution in [2.45, 2.75) is 18.9 Å². The summed E-state index contributed by atoms with van der Waals surface area (Å²) in [6.07, 6.45) is 0.